The number of carbonyl (C=O) groups excluding carboxylic acids is 1. The van der Waals surface area contributed by atoms with E-state index in [2.05, 4.69) is 10.6 Å². The van der Waals surface area contributed by atoms with Crippen LogP contribution in [0.25, 0.3) is 0 Å². The van der Waals surface area contributed by atoms with E-state index in [1.807, 2.05) is 38.1 Å². The van der Waals surface area contributed by atoms with Crippen molar-refractivity contribution in [3.8, 4) is 5.75 Å². The van der Waals surface area contributed by atoms with Gasteiger partial charge in [0.05, 0.1) is 12.2 Å². The molecule has 2 rings (SSSR count). The van der Waals surface area contributed by atoms with Crippen LogP contribution in [0.2, 0.25) is 0 Å². The molecule has 2 amide bonds. The Kier molecular flexibility index (Phi) is 7.12. The van der Waals surface area contributed by atoms with Gasteiger partial charge in [-0.3, -0.25) is 0 Å². The van der Waals surface area contributed by atoms with Gasteiger partial charge in [0.2, 0.25) is 0 Å². The SMILES string of the molecule is CC(O)CC(C)(C)CNC(=O)NCc1ccccc1OC1CCCC1. The molecule has 140 valence electrons. The molecule has 1 aliphatic carbocycles. The van der Waals surface area contributed by atoms with Gasteiger partial charge in [-0.05, 0) is 50.5 Å². The number of para-hydroxylation sites is 1. The van der Waals surface area contributed by atoms with Crippen molar-refractivity contribution < 1.29 is 14.6 Å². The Bertz CT molecular complexity index is 552. The second-order valence-corrected chi connectivity index (χ2v) is 7.89. The maximum atomic E-state index is 12.1. The number of rotatable bonds is 8. The minimum absolute atomic E-state index is 0.144. The molecule has 0 bridgehead atoms. The van der Waals surface area contributed by atoms with Gasteiger partial charge in [0.25, 0.3) is 0 Å². The van der Waals surface area contributed by atoms with Gasteiger partial charge < -0.3 is 20.5 Å². The number of urea groups is 1. The number of benzene rings is 1. The maximum Gasteiger partial charge on any atom is 0.315 e. The highest BCUT2D eigenvalue weighted by atomic mass is 16.5. The van der Waals surface area contributed by atoms with Gasteiger partial charge in [0.1, 0.15) is 5.75 Å². The highest BCUT2D eigenvalue weighted by Gasteiger charge is 2.21. The van der Waals surface area contributed by atoms with Gasteiger partial charge in [-0.25, -0.2) is 4.79 Å². The smallest absolute Gasteiger partial charge is 0.315 e. The van der Waals surface area contributed by atoms with Crippen LogP contribution in [0.5, 0.6) is 5.75 Å². The number of carbonyl (C=O) groups is 1. The Labute approximate surface area is 151 Å². The van der Waals surface area contributed by atoms with E-state index in [-0.39, 0.29) is 17.6 Å². The molecule has 1 aromatic rings. The zero-order valence-corrected chi connectivity index (χ0v) is 15.7. The van der Waals surface area contributed by atoms with E-state index in [0.717, 1.165) is 24.2 Å². The monoisotopic (exact) mass is 348 g/mol. The van der Waals surface area contributed by atoms with Gasteiger partial charge in [0.15, 0.2) is 0 Å². The van der Waals surface area contributed by atoms with Crippen molar-refractivity contribution in [1.29, 1.82) is 0 Å². The molecule has 0 saturated heterocycles. The molecule has 1 aliphatic rings. The summed E-state index contributed by atoms with van der Waals surface area (Å²) in [6.07, 6.45) is 5.26. The molecule has 5 heteroatoms. The summed E-state index contributed by atoms with van der Waals surface area (Å²) in [5.41, 5.74) is 0.849. The topological polar surface area (TPSA) is 70.6 Å². The number of aliphatic hydroxyl groups excluding tert-OH is 1. The van der Waals surface area contributed by atoms with E-state index in [0.29, 0.717) is 25.6 Å². The highest BCUT2D eigenvalue weighted by molar-refractivity contribution is 5.73. The van der Waals surface area contributed by atoms with Crippen molar-refractivity contribution in [2.24, 2.45) is 5.41 Å². The standard InChI is InChI=1S/C20H32N2O3/c1-15(23)12-20(2,3)14-22-19(24)21-13-16-8-4-7-11-18(16)25-17-9-5-6-10-17/h4,7-8,11,15,17,23H,5-6,9-10,12-14H2,1-3H3,(H2,21,22,24). The molecule has 5 nitrogen and oxygen atoms in total. The Morgan fingerprint density at radius 3 is 2.64 bits per heavy atom. The Hall–Kier alpha value is -1.75. The lowest BCUT2D eigenvalue weighted by Crippen LogP contribution is -2.41. The third-order valence-corrected chi connectivity index (χ3v) is 4.58. The summed E-state index contributed by atoms with van der Waals surface area (Å²) < 4.78 is 6.10. The summed E-state index contributed by atoms with van der Waals surface area (Å²) in [4.78, 5) is 12.1. The van der Waals surface area contributed by atoms with Crippen molar-refractivity contribution in [2.75, 3.05) is 6.54 Å². The van der Waals surface area contributed by atoms with Crippen LogP contribution < -0.4 is 15.4 Å². The van der Waals surface area contributed by atoms with Gasteiger partial charge >= 0.3 is 6.03 Å². The number of hydrogen-bond acceptors (Lipinski definition) is 3. The van der Waals surface area contributed by atoms with Crippen molar-refractivity contribution in [1.82, 2.24) is 10.6 Å². The van der Waals surface area contributed by atoms with Gasteiger partial charge in [-0.15, -0.1) is 0 Å². The summed E-state index contributed by atoms with van der Waals surface area (Å²) in [6.45, 7) is 6.79. The van der Waals surface area contributed by atoms with Crippen LogP contribution >= 0.6 is 0 Å². The molecular weight excluding hydrogens is 316 g/mol. The fraction of sp³-hybridized carbons (Fsp3) is 0.650. The fourth-order valence-corrected chi connectivity index (χ4v) is 3.38. The lowest BCUT2D eigenvalue weighted by Gasteiger charge is -2.26. The molecule has 25 heavy (non-hydrogen) atoms. The van der Waals surface area contributed by atoms with Crippen molar-refractivity contribution in [3.05, 3.63) is 29.8 Å². The van der Waals surface area contributed by atoms with Crippen LogP contribution in [-0.2, 0) is 6.54 Å². The molecule has 0 aliphatic heterocycles. The van der Waals surface area contributed by atoms with Gasteiger partial charge in [-0.2, -0.15) is 0 Å². The number of amides is 2. The zero-order valence-electron chi connectivity index (χ0n) is 15.7. The van der Waals surface area contributed by atoms with Crippen LogP contribution in [0.1, 0.15) is 58.4 Å². The molecule has 1 fully saturated rings. The van der Waals surface area contributed by atoms with Crippen molar-refractivity contribution in [2.45, 2.75) is 71.6 Å². The maximum absolute atomic E-state index is 12.1. The molecule has 3 N–H and O–H groups in total. The van der Waals surface area contributed by atoms with E-state index in [1.54, 1.807) is 6.92 Å². The quantitative estimate of drug-likeness (QED) is 0.672. The first-order chi connectivity index (χ1) is 11.9. The second-order valence-electron chi connectivity index (χ2n) is 7.89. The highest BCUT2D eigenvalue weighted by Crippen LogP contribution is 2.26. The summed E-state index contributed by atoms with van der Waals surface area (Å²) >= 11 is 0. The first-order valence-electron chi connectivity index (χ1n) is 9.30. The van der Waals surface area contributed by atoms with E-state index >= 15 is 0 Å². The van der Waals surface area contributed by atoms with Crippen molar-refractivity contribution in [3.63, 3.8) is 0 Å². The number of aliphatic hydroxyl groups is 1. The van der Waals surface area contributed by atoms with Crippen molar-refractivity contribution >= 4 is 6.03 Å². The number of nitrogens with one attached hydrogen (secondary N) is 2. The first kappa shape index (κ1) is 19.6. The summed E-state index contributed by atoms with van der Waals surface area (Å²) in [5, 5.41) is 15.3. The van der Waals surface area contributed by atoms with Crippen LogP contribution in [-0.4, -0.2) is 29.9 Å². The second kappa shape index (κ2) is 9.09. The zero-order chi connectivity index (χ0) is 18.3. The summed E-state index contributed by atoms with van der Waals surface area (Å²) in [5.74, 6) is 0.865. The average Bonchev–Trinajstić information content (AvgIpc) is 3.04. The third-order valence-electron chi connectivity index (χ3n) is 4.58. The third kappa shape index (κ3) is 6.94. The minimum Gasteiger partial charge on any atom is -0.490 e. The number of hydrogen-bond donors (Lipinski definition) is 3. The molecular formula is C20H32N2O3. The molecule has 1 unspecified atom stereocenters. The van der Waals surface area contributed by atoms with Crippen LogP contribution in [0, 0.1) is 5.41 Å². The Morgan fingerprint density at radius 1 is 1.28 bits per heavy atom. The fourth-order valence-electron chi connectivity index (χ4n) is 3.38. The van der Waals surface area contributed by atoms with Crippen LogP contribution in [0.3, 0.4) is 0 Å². The Morgan fingerprint density at radius 2 is 1.96 bits per heavy atom. The predicted molar refractivity (Wildman–Crippen MR) is 99.6 cm³/mol. The van der Waals surface area contributed by atoms with Gasteiger partial charge in [0, 0.05) is 18.7 Å². The lowest BCUT2D eigenvalue weighted by molar-refractivity contribution is 0.129. The molecule has 0 aromatic heterocycles. The number of ether oxygens (including phenoxy) is 1. The minimum atomic E-state index is -0.375. The summed E-state index contributed by atoms with van der Waals surface area (Å²) in [7, 11) is 0. The summed E-state index contributed by atoms with van der Waals surface area (Å²) in [6, 6.07) is 7.68. The predicted octanol–water partition coefficient (Wildman–Crippen LogP) is 3.60. The van der Waals surface area contributed by atoms with E-state index < -0.39 is 0 Å². The van der Waals surface area contributed by atoms with Crippen LogP contribution in [0.4, 0.5) is 4.79 Å². The van der Waals surface area contributed by atoms with Crippen LogP contribution in [0.15, 0.2) is 24.3 Å². The average molecular weight is 348 g/mol. The molecule has 0 radical (unpaired) electrons. The molecule has 1 saturated carbocycles. The molecule has 1 atom stereocenters. The largest absolute Gasteiger partial charge is 0.490 e. The van der Waals surface area contributed by atoms with E-state index in [9.17, 15) is 9.90 Å². The molecule has 0 heterocycles. The Balaban J connectivity index is 1.81. The lowest BCUT2D eigenvalue weighted by atomic mass is 9.87. The normalized spacial score (nSPS) is 16.5. The van der Waals surface area contributed by atoms with E-state index in [1.165, 1.54) is 12.8 Å². The molecule has 0 spiro atoms. The molecule has 1 aromatic carbocycles. The van der Waals surface area contributed by atoms with Gasteiger partial charge in [-0.1, -0.05) is 32.0 Å². The first-order valence-corrected chi connectivity index (χ1v) is 9.30. The van der Waals surface area contributed by atoms with E-state index in [4.69, 9.17) is 4.74 Å².